The fourth-order valence-electron chi connectivity index (χ4n) is 1.32. The van der Waals surface area contributed by atoms with Crippen molar-refractivity contribution in [3.05, 3.63) is 24.3 Å². The molecule has 1 rings (SSSR count). The number of nitrogens with one attached hydrogen (secondary N) is 2. The van der Waals surface area contributed by atoms with E-state index in [2.05, 4.69) is 27.7 Å². The molecule has 0 heterocycles. The quantitative estimate of drug-likeness (QED) is 0.737. The molecule has 0 aliphatic heterocycles. The molecule has 0 radical (unpaired) electrons. The van der Waals surface area contributed by atoms with Crippen molar-refractivity contribution in [2.75, 3.05) is 37.4 Å². The Balaban J connectivity index is 2.35. The largest absolute Gasteiger partial charge is 0.383 e. The maximum absolute atomic E-state index is 10.6. The molecule has 0 saturated carbocycles. The van der Waals surface area contributed by atoms with Gasteiger partial charge in [0.05, 0.1) is 0 Å². The molecule has 1 aromatic carbocycles. The van der Waals surface area contributed by atoms with E-state index in [1.165, 1.54) is 12.6 Å². The van der Waals surface area contributed by atoms with Crippen molar-refractivity contribution in [2.24, 2.45) is 0 Å². The molecule has 0 atom stereocenters. The highest BCUT2D eigenvalue weighted by Crippen LogP contribution is 2.14. The standard InChI is InChI=1S/C12H19N3O/c1-10(16)13-8-9-14-11-4-6-12(7-5-11)15(2)3/h4-7,14H,8-9H2,1-3H3,(H,13,16). The first-order chi connectivity index (χ1) is 7.59. The molecule has 16 heavy (non-hydrogen) atoms. The molecule has 0 aromatic heterocycles. The van der Waals surface area contributed by atoms with Crippen molar-refractivity contribution in [2.45, 2.75) is 6.92 Å². The van der Waals surface area contributed by atoms with Gasteiger partial charge in [-0.1, -0.05) is 0 Å². The lowest BCUT2D eigenvalue weighted by atomic mass is 10.2. The van der Waals surface area contributed by atoms with E-state index < -0.39 is 0 Å². The van der Waals surface area contributed by atoms with Crippen LogP contribution in [0.4, 0.5) is 11.4 Å². The first-order valence-corrected chi connectivity index (χ1v) is 5.35. The summed E-state index contributed by atoms with van der Waals surface area (Å²) in [7, 11) is 4.03. The molecule has 4 nitrogen and oxygen atoms in total. The Morgan fingerprint density at radius 3 is 2.31 bits per heavy atom. The normalized spacial score (nSPS) is 9.69. The fraction of sp³-hybridized carbons (Fsp3) is 0.417. The maximum Gasteiger partial charge on any atom is 0.216 e. The Labute approximate surface area is 96.6 Å². The third-order valence-corrected chi connectivity index (χ3v) is 2.21. The maximum atomic E-state index is 10.6. The van der Waals surface area contributed by atoms with Gasteiger partial charge in [-0.15, -0.1) is 0 Å². The number of hydrogen-bond donors (Lipinski definition) is 2. The summed E-state index contributed by atoms with van der Waals surface area (Å²) in [6, 6.07) is 8.17. The first kappa shape index (κ1) is 12.4. The Morgan fingerprint density at radius 1 is 1.19 bits per heavy atom. The first-order valence-electron chi connectivity index (χ1n) is 5.35. The Morgan fingerprint density at radius 2 is 1.81 bits per heavy atom. The number of carbonyl (C=O) groups excluding carboxylic acids is 1. The van der Waals surface area contributed by atoms with Gasteiger partial charge in [-0.25, -0.2) is 0 Å². The minimum atomic E-state index is 0.00440. The summed E-state index contributed by atoms with van der Waals surface area (Å²) in [5.74, 6) is 0.00440. The summed E-state index contributed by atoms with van der Waals surface area (Å²) in [6.07, 6.45) is 0. The summed E-state index contributed by atoms with van der Waals surface area (Å²) >= 11 is 0. The Kier molecular flexibility index (Phi) is 4.64. The second-order valence-corrected chi connectivity index (χ2v) is 3.85. The third kappa shape index (κ3) is 4.21. The van der Waals surface area contributed by atoms with E-state index in [-0.39, 0.29) is 5.91 Å². The highest BCUT2D eigenvalue weighted by molar-refractivity contribution is 5.72. The van der Waals surface area contributed by atoms with E-state index in [0.717, 1.165) is 12.2 Å². The van der Waals surface area contributed by atoms with Gasteiger partial charge in [0.25, 0.3) is 0 Å². The summed E-state index contributed by atoms with van der Waals surface area (Å²) in [4.78, 5) is 12.7. The van der Waals surface area contributed by atoms with E-state index >= 15 is 0 Å². The number of amides is 1. The van der Waals surface area contributed by atoms with Crippen LogP contribution in [-0.4, -0.2) is 33.1 Å². The van der Waals surface area contributed by atoms with Crippen LogP contribution in [0.5, 0.6) is 0 Å². The van der Waals surface area contributed by atoms with Crippen LogP contribution in [0.3, 0.4) is 0 Å². The molecule has 4 heteroatoms. The van der Waals surface area contributed by atoms with Crippen molar-refractivity contribution in [3.63, 3.8) is 0 Å². The van der Waals surface area contributed by atoms with Crippen LogP contribution in [-0.2, 0) is 4.79 Å². The molecule has 0 fully saturated rings. The van der Waals surface area contributed by atoms with Crippen LogP contribution in [0.15, 0.2) is 24.3 Å². The van der Waals surface area contributed by atoms with Crippen molar-refractivity contribution in [3.8, 4) is 0 Å². The van der Waals surface area contributed by atoms with Gasteiger partial charge in [-0.3, -0.25) is 4.79 Å². The summed E-state index contributed by atoms with van der Waals surface area (Å²) < 4.78 is 0. The van der Waals surface area contributed by atoms with Gasteiger partial charge in [0.2, 0.25) is 5.91 Å². The number of carbonyl (C=O) groups is 1. The van der Waals surface area contributed by atoms with Crippen LogP contribution in [0.2, 0.25) is 0 Å². The number of anilines is 2. The predicted octanol–water partition coefficient (Wildman–Crippen LogP) is 1.30. The lowest BCUT2D eigenvalue weighted by molar-refractivity contribution is -0.118. The molecular weight excluding hydrogens is 202 g/mol. The van der Waals surface area contributed by atoms with Crippen molar-refractivity contribution < 1.29 is 4.79 Å². The van der Waals surface area contributed by atoms with Crippen molar-refractivity contribution >= 4 is 17.3 Å². The molecule has 0 aliphatic carbocycles. The average Bonchev–Trinajstić information content (AvgIpc) is 2.25. The lowest BCUT2D eigenvalue weighted by Crippen LogP contribution is -2.26. The van der Waals surface area contributed by atoms with Gasteiger partial charge in [0, 0.05) is 45.5 Å². The second-order valence-electron chi connectivity index (χ2n) is 3.85. The monoisotopic (exact) mass is 221 g/mol. The minimum absolute atomic E-state index is 0.00440. The van der Waals surface area contributed by atoms with Crippen LogP contribution in [0.25, 0.3) is 0 Å². The van der Waals surface area contributed by atoms with E-state index in [1.807, 2.05) is 26.2 Å². The van der Waals surface area contributed by atoms with Gasteiger partial charge in [-0.05, 0) is 24.3 Å². The van der Waals surface area contributed by atoms with Crippen LogP contribution < -0.4 is 15.5 Å². The number of nitrogens with zero attached hydrogens (tertiary/aromatic N) is 1. The van der Waals surface area contributed by atoms with E-state index in [0.29, 0.717) is 6.54 Å². The van der Waals surface area contributed by atoms with Gasteiger partial charge >= 0.3 is 0 Å². The van der Waals surface area contributed by atoms with Crippen molar-refractivity contribution in [1.82, 2.24) is 5.32 Å². The van der Waals surface area contributed by atoms with E-state index in [9.17, 15) is 4.79 Å². The molecule has 0 bridgehead atoms. The fourth-order valence-corrected chi connectivity index (χ4v) is 1.32. The zero-order chi connectivity index (χ0) is 12.0. The highest BCUT2D eigenvalue weighted by atomic mass is 16.1. The topological polar surface area (TPSA) is 44.4 Å². The van der Waals surface area contributed by atoms with Crippen LogP contribution in [0.1, 0.15) is 6.92 Å². The highest BCUT2D eigenvalue weighted by Gasteiger charge is 1.95. The van der Waals surface area contributed by atoms with Gasteiger partial charge in [0.15, 0.2) is 0 Å². The third-order valence-electron chi connectivity index (χ3n) is 2.21. The molecule has 1 amide bonds. The Hall–Kier alpha value is -1.71. The van der Waals surface area contributed by atoms with E-state index in [1.54, 1.807) is 0 Å². The summed E-state index contributed by atoms with van der Waals surface area (Å²) in [5, 5.41) is 5.97. The van der Waals surface area contributed by atoms with Crippen LogP contribution >= 0.6 is 0 Å². The van der Waals surface area contributed by atoms with Gasteiger partial charge in [0.1, 0.15) is 0 Å². The predicted molar refractivity (Wildman–Crippen MR) is 67.9 cm³/mol. The zero-order valence-corrected chi connectivity index (χ0v) is 10.1. The smallest absolute Gasteiger partial charge is 0.216 e. The lowest BCUT2D eigenvalue weighted by Gasteiger charge is -2.13. The average molecular weight is 221 g/mol. The van der Waals surface area contributed by atoms with Crippen LogP contribution in [0, 0.1) is 0 Å². The molecule has 0 unspecified atom stereocenters. The summed E-state index contributed by atoms with van der Waals surface area (Å²) in [6.45, 7) is 2.90. The Bertz CT molecular complexity index is 333. The van der Waals surface area contributed by atoms with Crippen molar-refractivity contribution in [1.29, 1.82) is 0 Å². The number of rotatable bonds is 5. The zero-order valence-electron chi connectivity index (χ0n) is 10.1. The summed E-state index contributed by atoms with van der Waals surface area (Å²) in [5.41, 5.74) is 2.24. The molecule has 0 saturated heterocycles. The molecule has 1 aromatic rings. The number of hydrogen-bond acceptors (Lipinski definition) is 3. The molecule has 2 N–H and O–H groups in total. The molecule has 0 aliphatic rings. The number of benzene rings is 1. The molecular formula is C12H19N3O. The van der Waals surface area contributed by atoms with Gasteiger partial charge < -0.3 is 15.5 Å². The molecule has 88 valence electrons. The second kappa shape index (κ2) is 6.00. The van der Waals surface area contributed by atoms with E-state index in [4.69, 9.17) is 0 Å². The van der Waals surface area contributed by atoms with Gasteiger partial charge in [-0.2, -0.15) is 0 Å². The SMILES string of the molecule is CC(=O)NCCNc1ccc(N(C)C)cc1. The molecule has 0 spiro atoms. The minimum Gasteiger partial charge on any atom is -0.383 e.